The van der Waals surface area contributed by atoms with Crippen LogP contribution in [0.15, 0.2) is 75.9 Å². The first-order chi connectivity index (χ1) is 16.5. The number of aromatic nitrogens is 2. The fourth-order valence-electron chi connectivity index (χ4n) is 4.07. The second kappa shape index (κ2) is 8.78. The number of carbonyl (C=O) groups is 1. The number of hydrogen-bond donors (Lipinski definition) is 0. The first-order valence-electron chi connectivity index (χ1n) is 10.7. The second-order valence-corrected chi connectivity index (χ2v) is 7.81. The van der Waals surface area contributed by atoms with E-state index >= 15 is 0 Å². The number of non-ortho nitro benzene ring substituents is 1. The summed E-state index contributed by atoms with van der Waals surface area (Å²) in [7, 11) is 0. The van der Waals surface area contributed by atoms with Gasteiger partial charge in [0.1, 0.15) is 6.61 Å². The minimum Gasteiger partial charge on any atom is -0.459 e. The van der Waals surface area contributed by atoms with Gasteiger partial charge in [-0.05, 0) is 23.9 Å². The number of oxazole rings is 1. The number of aryl methyl sites for hydroxylation is 1. The van der Waals surface area contributed by atoms with Crippen molar-refractivity contribution in [3.63, 3.8) is 0 Å². The lowest BCUT2D eigenvalue weighted by Crippen LogP contribution is -2.15. The quantitative estimate of drug-likeness (QED) is 0.150. The van der Waals surface area contributed by atoms with E-state index in [9.17, 15) is 19.7 Å². The number of benzene rings is 3. The summed E-state index contributed by atoms with van der Waals surface area (Å²) in [5, 5.41) is 13.9. The zero-order valence-electron chi connectivity index (χ0n) is 18.0. The molecule has 0 amide bonds. The number of nitrogens with zero attached hydrogens (tertiary/aromatic N) is 3. The molecule has 0 unspecified atom stereocenters. The standard InChI is InChI=1S/C25H19N3O6/c29-24(10-5-13-27-22-12-11-16(28(31)32)14-23(22)34-25(27)30)33-15-21-19-8-2-1-6-17(19)18-7-3-4-9-20(18)26-21/h1-4,6-9,11-12,14H,5,10,13,15H2. The molecule has 5 rings (SSSR count). The molecule has 2 heterocycles. The number of carbonyl (C=O) groups excluding carboxylic acids is 1. The average Bonchev–Trinajstić information content (AvgIpc) is 3.16. The molecule has 34 heavy (non-hydrogen) atoms. The van der Waals surface area contributed by atoms with Gasteiger partial charge >= 0.3 is 11.7 Å². The summed E-state index contributed by atoms with van der Waals surface area (Å²) in [6.07, 6.45) is 0.438. The van der Waals surface area contributed by atoms with E-state index in [2.05, 4.69) is 4.98 Å². The fraction of sp³-hybridized carbons (Fsp3) is 0.160. The predicted molar refractivity (Wildman–Crippen MR) is 125 cm³/mol. The first kappa shape index (κ1) is 21.3. The Bertz CT molecular complexity index is 1620. The smallest absolute Gasteiger partial charge is 0.419 e. The fourth-order valence-corrected chi connectivity index (χ4v) is 4.07. The van der Waals surface area contributed by atoms with Crippen LogP contribution in [0.4, 0.5) is 5.69 Å². The van der Waals surface area contributed by atoms with Crippen LogP contribution < -0.4 is 5.76 Å². The van der Waals surface area contributed by atoms with E-state index in [0.29, 0.717) is 17.6 Å². The molecule has 9 heteroatoms. The summed E-state index contributed by atoms with van der Waals surface area (Å²) in [5.74, 6) is -1.04. The molecule has 2 aromatic heterocycles. The van der Waals surface area contributed by atoms with Gasteiger partial charge in [-0.2, -0.15) is 0 Å². The maximum Gasteiger partial charge on any atom is 0.419 e. The van der Waals surface area contributed by atoms with Gasteiger partial charge in [0.05, 0.1) is 27.7 Å². The molecule has 9 nitrogen and oxygen atoms in total. The van der Waals surface area contributed by atoms with Gasteiger partial charge in [-0.1, -0.05) is 42.5 Å². The van der Waals surface area contributed by atoms with Crippen LogP contribution in [0.2, 0.25) is 0 Å². The summed E-state index contributed by atoms with van der Waals surface area (Å²) in [6.45, 7) is 0.262. The second-order valence-electron chi connectivity index (χ2n) is 7.81. The van der Waals surface area contributed by atoms with Crippen LogP contribution in [0.25, 0.3) is 32.8 Å². The van der Waals surface area contributed by atoms with Crippen LogP contribution in [0.3, 0.4) is 0 Å². The number of hydrogen-bond acceptors (Lipinski definition) is 7. The molecular formula is C25H19N3O6. The maximum atomic E-state index is 12.4. The third kappa shape index (κ3) is 3.99. The van der Waals surface area contributed by atoms with Gasteiger partial charge < -0.3 is 9.15 Å². The topological polar surface area (TPSA) is 117 Å². The largest absolute Gasteiger partial charge is 0.459 e. The van der Waals surface area contributed by atoms with Crippen LogP contribution in [0.5, 0.6) is 0 Å². The summed E-state index contributed by atoms with van der Waals surface area (Å²) in [5.41, 5.74) is 1.93. The highest BCUT2D eigenvalue weighted by Crippen LogP contribution is 2.26. The van der Waals surface area contributed by atoms with Crippen molar-refractivity contribution >= 4 is 44.4 Å². The van der Waals surface area contributed by atoms with E-state index in [1.54, 1.807) is 0 Å². The zero-order valence-corrected chi connectivity index (χ0v) is 18.0. The van der Waals surface area contributed by atoms with E-state index in [1.165, 1.54) is 22.8 Å². The summed E-state index contributed by atoms with van der Waals surface area (Å²) in [6, 6.07) is 19.7. The van der Waals surface area contributed by atoms with Gasteiger partial charge in [0, 0.05) is 29.8 Å². The minimum absolute atomic E-state index is 0.0441. The molecule has 170 valence electrons. The van der Waals surface area contributed by atoms with Crippen LogP contribution >= 0.6 is 0 Å². The number of nitro groups is 1. The van der Waals surface area contributed by atoms with E-state index in [4.69, 9.17) is 9.15 Å². The van der Waals surface area contributed by atoms with E-state index in [0.717, 1.165) is 21.7 Å². The average molecular weight is 457 g/mol. The minimum atomic E-state index is -0.629. The van der Waals surface area contributed by atoms with E-state index < -0.39 is 16.6 Å². The van der Waals surface area contributed by atoms with Crippen molar-refractivity contribution < 1.29 is 18.9 Å². The highest BCUT2D eigenvalue weighted by atomic mass is 16.6. The molecule has 0 radical (unpaired) electrons. The molecule has 3 aromatic carbocycles. The Morgan fingerprint density at radius 3 is 2.56 bits per heavy atom. The molecule has 0 saturated heterocycles. The van der Waals surface area contributed by atoms with Crippen molar-refractivity contribution in [3.05, 3.63) is 93.1 Å². The Balaban J connectivity index is 1.25. The lowest BCUT2D eigenvalue weighted by molar-refractivity contribution is -0.384. The van der Waals surface area contributed by atoms with Crippen molar-refractivity contribution in [1.29, 1.82) is 0 Å². The SMILES string of the molecule is O=C(CCCn1c(=O)oc2cc([N+](=O)[O-])ccc21)OCc1nc2ccccc2c2ccccc12. The molecule has 5 aromatic rings. The number of rotatable bonds is 7. The molecule has 0 spiro atoms. The molecular weight excluding hydrogens is 438 g/mol. The van der Waals surface area contributed by atoms with Gasteiger partial charge in [-0.15, -0.1) is 0 Å². The van der Waals surface area contributed by atoms with Gasteiger partial charge in [-0.3, -0.25) is 19.5 Å². The van der Waals surface area contributed by atoms with Gasteiger partial charge in [0.2, 0.25) is 0 Å². The summed E-state index contributed by atoms with van der Waals surface area (Å²) >= 11 is 0. The van der Waals surface area contributed by atoms with Crippen molar-refractivity contribution in [1.82, 2.24) is 9.55 Å². The number of esters is 1. The Kier molecular flexibility index (Phi) is 5.51. The normalized spacial score (nSPS) is 11.3. The Morgan fingerprint density at radius 2 is 1.76 bits per heavy atom. The van der Waals surface area contributed by atoms with Crippen molar-refractivity contribution in [2.24, 2.45) is 0 Å². The number of ether oxygens (including phenoxy) is 1. The van der Waals surface area contributed by atoms with Crippen LogP contribution in [-0.4, -0.2) is 20.4 Å². The highest BCUT2D eigenvalue weighted by molar-refractivity contribution is 6.06. The molecule has 0 aliphatic rings. The zero-order chi connectivity index (χ0) is 23.7. The Labute approximate surface area is 192 Å². The van der Waals surface area contributed by atoms with Crippen LogP contribution in [0, 0.1) is 10.1 Å². The van der Waals surface area contributed by atoms with Crippen molar-refractivity contribution in [2.45, 2.75) is 26.0 Å². The molecule has 0 N–H and O–H groups in total. The van der Waals surface area contributed by atoms with E-state index in [1.807, 2.05) is 48.5 Å². The maximum absolute atomic E-state index is 12.4. The number of nitro benzene ring substituents is 1. The molecule has 0 bridgehead atoms. The Hall–Kier alpha value is -4.53. The van der Waals surface area contributed by atoms with Gasteiger partial charge in [-0.25, -0.2) is 9.78 Å². The van der Waals surface area contributed by atoms with Gasteiger partial charge in [0.15, 0.2) is 5.58 Å². The number of fused-ring (bicyclic) bond motifs is 4. The lowest BCUT2D eigenvalue weighted by Gasteiger charge is -2.10. The molecule has 0 aliphatic heterocycles. The molecule has 0 aliphatic carbocycles. The Morgan fingerprint density at radius 1 is 1.03 bits per heavy atom. The summed E-state index contributed by atoms with van der Waals surface area (Å²) < 4.78 is 11.9. The first-order valence-corrected chi connectivity index (χ1v) is 10.7. The third-order valence-electron chi connectivity index (χ3n) is 5.68. The lowest BCUT2D eigenvalue weighted by atomic mass is 10.0. The molecule has 0 atom stereocenters. The van der Waals surface area contributed by atoms with Crippen molar-refractivity contribution in [2.75, 3.05) is 0 Å². The number of para-hydroxylation sites is 1. The highest BCUT2D eigenvalue weighted by Gasteiger charge is 2.15. The number of pyridine rings is 1. The molecule has 0 fully saturated rings. The molecule has 0 saturated carbocycles. The third-order valence-corrected chi connectivity index (χ3v) is 5.68. The predicted octanol–water partition coefficient (Wildman–Crippen LogP) is 4.73. The van der Waals surface area contributed by atoms with Crippen LogP contribution in [-0.2, 0) is 22.7 Å². The van der Waals surface area contributed by atoms with Crippen LogP contribution in [0.1, 0.15) is 18.5 Å². The summed E-state index contributed by atoms with van der Waals surface area (Å²) in [4.78, 5) is 39.5. The van der Waals surface area contributed by atoms with Gasteiger partial charge in [0.25, 0.3) is 5.69 Å². The van der Waals surface area contributed by atoms with Crippen molar-refractivity contribution in [3.8, 4) is 0 Å². The monoisotopic (exact) mass is 457 g/mol. The van der Waals surface area contributed by atoms with E-state index in [-0.39, 0.29) is 30.8 Å².